The highest BCUT2D eigenvalue weighted by Crippen LogP contribution is 2.36. The van der Waals surface area contributed by atoms with Crippen molar-refractivity contribution in [2.24, 2.45) is 0 Å². The second-order valence-electron chi connectivity index (χ2n) is 6.39. The molecule has 1 atom stereocenters. The molecule has 1 unspecified atom stereocenters. The number of aryl methyl sites for hydroxylation is 1. The highest BCUT2D eigenvalue weighted by molar-refractivity contribution is 7.85. The molecule has 7 heteroatoms. The smallest absolute Gasteiger partial charge is 0.271 e. The summed E-state index contributed by atoms with van der Waals surface area (Å²) in [5, 5.41) is 14.1. The number of carbonyl (C=O) groups is 1. The molecule has 1 N–H and O–H groups in total. The van der Waals surface area contributed by atoms with Gasteiger partial charge in [-0.1, -0.05) is 31.0 Å². The molecule has 0 radical (unpaired) electrons. The Hall–Kier alpha value is -2.54. The Morgan fingerprint density at radius 2 is 2.04 bits per heavy atom. The van der Waals surface area contributed by atoms with Gasteiger partial charge in [0.1, 0.15) is 0 Å². The number of nitrogens with one attached hydrogen (secondary N) is 1. The molecule has 1 aliphatic heterocycles. The highest BCUT2D eigenvalue weighted by atomic mass is 32.2. The Morgan fingerprint density at radius 1 is 1.27 bits per heavy atom. The van der Waals surface area contributed by atoms with Crippen molar-refractivity contribution in [2.75, 3.05) is 6.54 Å². The van der Waals surface area contributed by atoms with Crippen molar-refractivity contribution >= 4 is 22.4 Å². The number of amides is 1. The Balaban J connectivity index is 2.10. The number of nitrogens with zero attached hydrogens (tertiary/aromatic N) is 1. The molecule has 26 heavy (non-hydrogen) atoms. The number of rotatable bonds is 5. The summed E-state index contributed by atoms with van der Waals surface area (Å²) < 4.78 is 13.0. The number of nitro groups is 1. The van der Waals surface area contributed by atoms with Gasteiger partial charge < -0.3 is 5.32 Å². The first-order valence-corrected chi connectivity index (χ1v) is 9.68. The third-order valence-electron chi connectivity index (χ3n) is 4.45. The summed E-state index contributed by atoms with van der Waals surface area (Å²) >= 11 is 0. The molecule has 0 saturated carbocycles. The van der Waals surface area contributed by atoms with Crippen molar-refractivity contribution in [3.05, 3.63) is 62.7 Å². The van der Waals surface area contributed by atoms with E-state index in [2.05, 4.69) is 5.32 Å². The zero-order valence-corrected chi connectivity index (χ0v) is 15.5. The van der Waals surface area contributed by atoms with Crippen molar-refractivity contribution in [1.29, 1.82) is 0 Å². The molecular weight excluding hydrogens is 352 g/mol. The number of carbonyl (C=O) groups excluding carboxylic acids is 1. The third kappa shape index (κ3) is 3.39. The maximum absolute atomic E-state index is 13.0. The Labute approximate surface area is 154 Å². The summed E-state index contributed by atoms with van der Waals surface area (Å²) in [6.07, 6.45) is 2.20. The van der Waals surface area contributed by atoms with Crippen LogP contribution in [0.3, 0.4) is 0 Å². The molecule has 6 nitrogen and oxygen atoms in total. The normalized spacial score (nSPS) is 15.1. The third-order valence-corrected chi connectivity index (χ3v) is 6.01. The molecule has 0 spiro atoms. The van der Waals surface area contributed by atoms with E-state index in [1.54, 1.807) is 6.07 Å². The minimum atomic E-state index is -1.54. The van der Waals surface area contributed by atoms with E-state index in [-0.39, 0.29) is 17.2 Å². The Bertz CT molecular complexity index is 924. The summed E-state index contributed by atoms with van der Waals surface area (Å²) in [6, 6.07) is 8.24. The van der Waals surface area contributed by atoms with Gasteiger partial charge in [0.15, 0.2) is 0 Å². The molecule has 0 aromatic heterocycles. The predicted molar refractivity (Wildman–Crippen MR) is 99.0 cm³/mol. The van der Waals surface area contributed by atoms with E-state index in [1.807, 2.05) is 26.0 Å². The van der Waals surface area contributed by atoms with Crippen LogP contribution in [0.15, 0.2) is 40.1 Å². The maximum atomic E-state index is 13.0. The van der Waals surface area contributed by atoms with Crippen LogP contribution in [0.25, 0.3) is 0 Å². The first kappa shape index (κ1) is 18.3. The summed E-state index contributed by atoms with van der Waals surface area (Å²) in [4.78, 5) is 24.4. The van der Waals surface area contributed by atoms with E-state index in [9.17, 15) is 19.1 Å². The Kier molecular flexibility index (Phi) is 5.18. The average molecular weight is 372 g/mol. The molecule has 0 bridgehead atoms. The number of hydrogen-bond acceptors (Lipinski definition) is 4. The van der Waals surface area contributed by atoms with Gasteiger partial charge in [0.2, 0.25) is 0 Å². The van der Waals surface area contributed by atoms with E-state index in [0.29, 0.717) is 28.3 Å². The minimum Gasteiger partial charge on any atom is -0.352 e. The maximum Gasteiger partial charge on any atom is 0.271 e. The van der Waals surface area contributed by atoms with Gasteiger partial charge in [-0.25, -0.2) is 4.21 Å². The van der Waals surface area contributed by atoms with Crippen molar-refractivity contribution in [1.82, 2.24) is 5.32 Å². The van der Waals surface area contributed by atoms with E-state index < -0.39 is 15.7 Å². The number of benzene rings is 2. The van der Waals surface area contributed by atoms with E-state index in [1.165, 1.54) is 12.1 Å². The van der Waals surface area contributed by atoms with E-state index in [4.69, 9.17) is 0 Å². The van der Waals surface area contributed by atoms with Gasteiger partial charge in [-0.15, -0.1) is 0 Å². The zero-order chi connectivity index (χ0) is 18.8. The van der Waals surface area contributed by atoms with Crippen LogP contribution in [0.2, 0.25) is 0 Å². The van der Waals surface area contributed by atoms with Crippen LogP contribution in [-0.4, -0.2) is 21.6 Å². The lowest BCUT2D eigenvalue weighted by Crippen LogP contribution is -2.27. The van der Waals surface area contributed by atoms with Crippen molar-refractivity contribution in [3.63, 3.8) is 0 Å². The van der Waals surface area contributed by atoms with Crippen LogP contribution in [0, 0.1) is 17.0 Å². The van der Waals surface area contributed by atoms with Gasteiger partial charge in [0.05, 0.1) is 26.2 Å². The Morgan fingerprint density at radius 3 is 2.73 bits per heavy atom. The molecule has 0 aliphatic carbocycles. The van der Waals surface area contributed by atoms with Crippen LogP contribution in [-0.2, 0) is 17.2 Å². The van der Waals surface area contributed by atoms with Gasteiger partial charge in [0.25, 0.3) is 11.6 Å². The molecule has 1 heterocycles. The molecular formula is C19H20N2O4S. The number of non-ortho nitro benzene ring substituents is 1. The largest absolute Gasteiger partial charge is 0.352 e. The van der Waals surface area contributed by atoms with Crippen LogP contribution < -0.4 is 5.32 Å². The fourth-order valence-electron chi connectivity index (χ4n) is 3.10. The van der Waals surface area contributed by atoms with Crippen LogP contribution in [0.5, 0.6) is 0 Å². The van der Waals surface area contributed by atoms with Crippen molar-refractivity contribution in [3.8, 4) is 0 Å². The fourth-order valence-corrected chi connectivity index (χ4v) is 4.53. The number of unbranched alkanes of at least 4 members (excludes halogenated alkanes) is 1. The molecule has 1 aliphatic rings. The summed E-state index contributed by atoms with van der Waals surface area (Å²) in [5.74, 6) is -0.355. The topological polar surface area (TPSA) is 89.3 Å². The van der Waals surface area contributed by atoms with Crippen LogP contribution >= 0.6 is 0 Å². The first-order chi connectivity index (χ1) is 12.4. The molecule has 2 aromatic rings. The van der Waals surface area contributed by atoms with Gasteiger partial charge in [-0.2, -0.15) is 0 Å². The number of hydrogen-bond donors (Lipinski definition) is 1. The molecule has 2 aromatic carbocycles. The van der Waals surface area contributed by atoms with Crippen LogP contribution in [0.1, 0.15) is 46.8 Å². The molecule has 3 rings (SSSR count). The van der Waals surface area contributed by atoms with Gasteiger partial charge in [0, 0.05) is 30.0 Å². The second kappa shape index (κ2) is 7.37. The number of nitro benzene ring substituents is 1. The first-order valence-electron chi connectivity index (χ1n) is 8.53. The monoisotopic (exact) mass is 372 g/mol. The lowest BCUT2D eigenvalue weighted by molar-refractivity contribution is -0.385. The predicted octanol–water partition coefficient (Wildman–Crippen LogP) is 3.50. The van der Waals surface area contributed by atoms with Gasteiger partial charge in [-0.3, -0.25) is 14.9 Å². The summed E-state index contributed by atoms with van der Waals surface area (Å²) in [7, 11) is -1.54. The molecule has 1 amide bonds. The SMILES string of the molecule is CCCCNC(=O)c1cc([N+](=O)[O-])cc2c1Cc1cc(C)ccc1S2=O. The molecule has 0 fully saturated rings. The summed E-state index contributed by atoms with van der Waals surface area (Å²) in [6.45, 7) is 4.47. The molecule has 0 saturated heterocycles. The average Bonchev–Trinajstić information content (AvgIpc) is 2.61. The minimum absolute atomic E-state index is 0.215. The van der Waals surface area contributed by atoms with Crippen molar-refractivity contribution in [2.45, 2.75) is 42.9 Å². The summed E-state index contributed by atoms with van der Waals surface area (Å²) in [5.41, 5.74) is 2.58. The van der Waals surface area contributed by atoms with Crippen molar-refractivity contribution < 1.29 is 13.9 Å². The van der Waals surface area contributed by atoms with Gasteiger partial charge in [-0.05, 0) is 30.5 Å². The standard InChI is InChI=1S/C19H20N2O4S/c1-3-4-7-20-19(22)16-10-14(21(23)24)11-18-15(16)9-13-8-12(2)5-6-17(13)26(18)25/h5-6,8,10-11H,3-4,7,9H2,1-2H3,(H,20,22). The fraction of sp³-hybridized carbons (Fsp3) is 0.316. The lowest BCUT2D eigenvalue weighted by atomic mass is 9.96. The highest BCUT2D eigenvalue weighted by Gasteiger charge is 2.29. The van der Waals surface area contributed by atoms with Crippen LogP contribution in [0.4, 0.5) is 5.69 Å². The van der Waals surface area contributed by atoms with E-state index >= 15 is 0 Å². The molecule has 136 valence electrons. The number of fused-ring (bicyclic) bond motifs is 2. The zero-order valence-electron chi connectivity index (χ0n) is 14.7. The quantitative estimate of drug-likeness (QED) is 0.422. The van der Waals surface area contributed by atoms with E-state index in [0.717, 1.165) is 24.0 Å². The van der Waals surface area contributed by atoms with Gasteiger partial charge >= 0.3 is 0 Å². The lowest BCUT2D eigenvalue weighted by Gasteiger charge is -2.21. The second-order valence-corrected chi connectivity index (χ2v) is 7.81.